The molecule has 0 aliphatic rings. The molecule has 0 saturated heterocycles. The fourth-order valence-electron chi connectivity index (χ4n) is 4.42. The van der Waals surface area contributed by atoms with E-state index in [2.05, 4.69) is 10.6 Å². The number of nitrogens with zero attached hydrogens (tertiary/aromatic N) is 3. The Labute approximate surface area is 234 Å². The van der Waals surface area contributed by atoms with Crippen molar-refractivity contribution in [3.63, 3.8) is 0 Å². The van der Waals surface area contributed by atoms with E-state index < -0.39 is 0 Å². The summed E-state index contributed by atoms with van der Waals surface area (Å²) in [5.74, 6) is 0.580. The molecule has 0 aliphatic heterocycles. The molecule has 2 aromatic carbocycles. The van der Waals surface area contributed by atoms with Crippen molar-refractivity contribution in [1.29, 1.82) is 0 Å². The van der Waals surface area contributed by atoms with E-state index in [-0.39, 0.29) is 18.4 Å². The van der Waals surface area contributed by atoms with Gasteiger partial charge in [-0.05, 0) is 53.3 Å². The summed E-state index contributed by atoms with van der Waals surface area (Å²) >= 11 is 1.39. The highest BCUT2D eigenvalue weighted by molar-refractivity contribution is 7.12. The van der Waals surface area contributed by atoms with Gasteiger partial charge in [0.05, 0.1) is 18.5 Å². The fraction of sp³-hybridized carbons (Fsp3) is 0.290. The lowest BCUT2D eigenvalue weighted by Crippen LogP contribution is -2.43. The van der Waals surface area contributed by atoms with Gasteiger partial charge in [-0.3, -0.25) is 9.59 Å². The zero-order valence-corrected chi connectivity index (χ0v) is 23.3. The van der Waals surface area contributed by atoms with E-state index in [1.807, 2.05) is 83.2 Å². The van der Waals surface area contributed by atoms with Gasteiger partial charge in [-0.2, -0.15) is 0 Å². The second-order valence-corrected chi connectivity index (χ2v) is 10.2. The van der Waals surface area contributed by atoms with Crippen molar-refractivity contribution in [2.24, 2.45) is 0 Å². The maximum atomic E-state index is 13.8. The molecule has 0 saturated carbocycles. The summed E-state index contributed by atoms with van der Waals surface area (Å²) in [6.45, 7) is 2.50. The Morgan fingerprint density at radius 1 is 0.872 bits per heavy atom. The number of carbonyl (C=O) groups is 2. The maximum absolute atomic E-state index is 13.8. The van der Waals surface area contributed by atoms with E-state index in [0.717, 1.165) is 22.6 Å². The molecule has 0 aliphatic carbocycles. The lowest BCUT2D eigenvalue weighted by atomic mass is 10.2. The molecule has 8 heteroatoms. The van der Waals surface area contributed by atoms with Crippen LogP contribution in [0.3, 0.4) is 0 Å². The topological polar surface area (TPSA) is 64.0 Å². The third kappa shape index (κ3) is 8.05. The van der Waals surface area contributed by atoms with E-state index in [1.54, 1.807) is 25.2 Å². The van der Waals surface area contributed by atoms with Crippen molar-refractivity contribution in [1.82, 2.24) is 14.4 Å². The predicted molar refractivity (Wildman–Crippen MR) is 154 cm³/mol. The third-order valence-corrected chi connectivity index (χ3v) is 7.31. The highest BCUT2D eigenvalue weighted by Crippen LogP contribution is 2.18. The van der Waals surface area contributed by atoms with Gasteiger partial charge in [-0.15, -0.1) is 11.3 Å². The van der Waals surface area contributed by atoms with Crippen molar-refractivity contribution in [2.45, 2.75) is 26.1 Å². The summed E-state index contributed by atoms with van der Waals surface area (Å²) in [5.41, 5.74) is 3.16. The van der Waals surface area contributed by atoms with Gasteiger partial charge in [0.2, 0.25) is 5.91 Å². The molecule has 204 valence electrons. The number of thiophene rings is 1. The van der Waals surface area contributed by atoms with Crippen LogP contribution in [0.1, 0.15) is 32.9 Å². The molecule has 0 fully saturated rings. The third-order valence-electron chi connectivity index (χ3n) is 6.45. The average molecular weight is 546 g/mol. The van der Waals surface area contributed by atoms with Crippen LogP contribution in [0.5, 0.6) is 5.75 Å². The summed E-state index contributed by atoms with van der Waals surface area (Å²) in [4.78, 5) is 31.2. The van der Waals surface area contributed by atoms with E-state index in [0.29, 0.717) is 44.1 Å². The predicted octanol–water partition coefficient (Wildman–Crippen LogP) is 5.31. The number of ether oxygens (including phenoxy) is 2. The van der Waals surface area contributed by atoms with Gasteiger partial charge in [0, 0.05) is 45.2 Å². The van der Waals surface area contributed by atoms with Crippen LogP contribution in [0.15, 0.2) is 90.4 Å². The molecular weight excluding hydrogens is 510 g/mol. The molecule has 7 nitrogen and oxygen atoms in total. The van der Waals surface area contributed by atoms with Gasteiger partial charge in [0.15, 0.2) is 0 Å². The Morgan fingerprint density at radius 2 is 1.69 bits per heavy atom. The van der Waals surface area contributed by atoms with Crippen LogP contribution in [0, 0.1) is 0 Å². The maximum Gasteiger partial charge on any atom is 0.264 e. The van der Waals surface area contributed by atoms with Gasteiger partial charge < -0.3 is 23.8 Å². The van der Waals surface area contributed by atoms with Crippen LogP contribution in [0.4, 0.5) is 0 Å². The van der Waals surface area contributed by atoms with Crippen LogP contribution < -0.4 is 4.74 Å². The Balaban J connectivity index is 1.55. The minimum atomic E-state index is -0.129. The van der Waals surface area contributed by atoms with Crippen LogP contribution >= 0.6 is 11.3 Å². The second-order valence-electron chi connectivity index (χ2n) is 9.26. The molecular formula is C31H35N3O4S. The molecule has 4 rings (SSSR count). The summed E-state index contributed by atoms with van der Waals surface area (Å²) in [6, 6.07) is 25.6. The summed E-state index contributed by atoms with van der Waals surface area (Å²) in [5, 5.41) is 1.88. The normalized spacial score (nSPS) is 10.8. The van der Waals surface area contributed by atoms with Crippen LogP contribution in [-0.4, -0.2) is 60.1 Å². The van der Waals surface area contributed by atoms with Gasteiger partial charge >= 0.3 is 0 Å². The molecule has 0 atom stereocenters. The van der Waals surface area contributed by atoms with Crippen molar-refractivity contribution in [3.05, 3.63) is 112 Å². The SMILES string of the molecule is COCCCN(CC(=O)N(Cc1ccccc1)Cc1cccn1Cc1cccc(OC)c1)C(=O)c1cccs1. The first-order valence-electron chi connectivity index (χ1n) is 13.0. The van der Waals surface area contributed by atoms with Gasteiger partial charge in [-0.25, -0.2) is 0 Å². The Kier molecular flexibility index (Phi) is 10.3. The number of methoxy groups -OCH3 is 2. The minimum Gasteiger partial charge on any atom is -0.497 e. The largest absolute Gasteiger partial charge is 0.497 e. The Hall–Kier alpha value is -3.88. The van der Waals surface area contributed by atoms with E-state index >= 15 is 0 Å². The first-order chi connectivity index (χ1) is 19.1. The highest BCUT2D eigenvalue weighted by Gasteiger charge is 2.24. The molecule has 4 aromatic rings. The highest BCUT2D eigenvalue weighted by atomic mass is 32.1. The van der Waals surface area contributed by atoms with Crippen molar-refractivity contribution in [3.8, 4) is 5.75 Å². The van der Waals surface area contributed by atoms with Crippen molar-refractivity contribution in [2.75, 3.05) is 33.9 Å². The number of hydrogen-bond donors (Lipinski definition) is 0. The lowest BCUT2D eigenvalue weighted by Gasteiger charge is -2.28. The van der Waals surface area contributed by atoms with E-state index in [4.69, 9.17) is 9.47 Å². The number of amides is 2. The van der Waals surface area contributed by atoms with Crippen molar-refractivity contribution >= 4 is 23.2 Å². The van der Waals surface area contributed by atoms with Crippen LogP contribution in [0.2, 0.25) is 0 Å². The number of benzene rings is 2. The molecule has 2 aromatic heterocycles. The number of aromatic nitrogens is 1. The Bertz CT molecular complexity index is 1320. The molecule has 2 heterocycles. The molecule has 0 spiro atoms. The number of carbonyl (C=O) groups excluding carboxylic acids is 2. The lowest BCUT2D eigenvalue weighted by molar-refractivity contribution is -0.133. The zero-order chi connectivity index (χ0) is 27.5. The summed E-state index contributed by atoms with van der Waals surface area (Å²) < 4.78 is 12.7. The fourth-order valence-corrected chi connectivity index (χ4v) is 5.11. The molecule has 0 unspecified atom stereocenters. The smallest absolute Gasteiger partial charge is 0.264 e. The van der Waals surface area contributed by atoms with Crippen LogP contribution in [-0.2, 0) is 29.2 Å². The number of hydrogen-bond acceptors (Lipinski definition) is 5. The average Bonchev–Trinajstić information content (AvgIpc) is 3.65. The molecule has 39 heavy (non-hydrogen) atoms. The van der Waals surface area contributed by atoms with E-state index in [9.17, 15) is 9.59 Å². The minimum absolute atomic E-state index is 0.00384. The first kappa shape index (κ1) is 28.1. The van der Waals surface area contributed by atoms with E-state index in [1.165, 1.54) is 11.3 Å². The monoisotopic (exact) mass is 545 g/mol. The van der Waals surface area contributed by atoms with Gasteiger partial charge in [-0.1, -0.05) is 48.5 Å². The Morgan fingerprint density at radius 3 is 2.44 bits per heavy atom. The molecule has 0 N–H and O–H groups in total. The van der Waals surface area contributed by atoms with Gasteiger partial charge in [0.1, 0.15) is 12.3 Å². The summed E-state index contributed by atoms with van der Waals surface area (Å²) in [6.07, 6.45) is 2.68. The van der Waals surface area contributed by atoms with Crippen molar-refractivity contribution < 1.29 is 19.1 Å². The zero-order valence-electron chi connectivity index (χ0n) is 22.5. The summed E-state index contributed by atoms with van der Waals surface area (Å²) in [7, 11) is 3.30. The number of rotatable bonds is 14. The molecule has 2 amide bonds. The molecule has 0 radical (unpaired) electrons. The first-order valence-corrected chi connectivity index (χ1v) is 13.9. The van der Waals surface area contributed by atoms with Gasteiger partial charge in [0.25, 0.3) is 5.91 Å². The van der Waals surface area contributed by atoms with Crippen LogP contribution in [0.25, 0.3) is 0 Å². The standard InChI is InChI=1S/C31H35N3O4S/c1-37-18-9-17-33(31(36)29-15-8-19-39-29)24-30(35)34(21-25-10-4-3-5-11-25)23-27-13-7-16-32(27)22-26-12-6-14-28(20-26)38-2/h3-8,10-16,19-20H,9,17-18,21-24H2,1-2H3. The molecule has 0 bridgehead atoms. The quantitative estimate of drug-likeness (QED) is 0.201. The second kappa shape index (κ2) is 14.3.